The van der Waals surface area contributed by atoms with Crippen molar-refractivity contribution in [3.8, 4) is 0 Å². The number of aromatic nitrogens is 2. The van der Waals surface area contributed by atoms with Crippen LogP contribution in [0.5, 0.6) is 0 Å². The van der Waals surface area contributed by atoms with E-state index in [1.165, 1.54) is 12.1 Å². The summed E-state index contributed by atoms with van der Waals surface area (Å²) in [7, 11) is 0. The molecule has 4 nitrogen and oxygen atoms in total. The van der Waals surface area contributed by atoms with Crippen molar-refractivity contribution in [3.05, 3.63) is 41.8 Å². The molecule has 2 heterocycles. The third-order valence-corrected chi connectivity index (χ3v) is 4.03. The maximum absolute atomic E-state index is 12.8. The summed E-state index contributed by atoms with van der Waals surface area (Å²) in [4.78, 5) is 5.36. The lowest BCUT2D eigenvalue weighted by atomic mass is 10.00. The van der Waals surface area contributed by atoms with Gasteiger partial charge in [-0.25, -0.2) is 4.39 Å². The van der Waals surface area contributed by atoms with E-state index in [4.69, 9.17) is 4.52 Å². The van der Waals surface area contributed by atoms with Gasteiger partial charge in [0, 0.05) is 11.3 Å². The van der Waals surface area contributed by atoms with Crippen LogP contribution < -0.4 is 5.32 Å². The quantitative estimate of drug-likeness (QED) is 0.851. The summed E-state index contributed by atoms with van der Waals surface area (Å²) >= 11 is 1.57. The highest BCUT2D eigenvalue weighted by molar-refractivity contribution is 7.98. The summed E-state index contributed by atoms with van der Waals surface area (Å²) in [6, 6.07) is 6.41. The van der Waals surface area contributed by atoms with Crippen LogP contribution >= 0.6 is 11.8 Å². The number of halogens is 1. The average molecular weight is 279 g/mol. The molecular formula is C13H14FN3OS. The van der Waals surface area contributed by atoms with Crippen LogP contribution in [0.4, 0.5) is 4.39 Å². The molecule has 0 saturated carbocycles. The van der Waals surface area contributed by atoms with E-state index in [2.05, 4.69) is 15.5 Å². The standard InChI is InChI=1S/C13H14FN3OS/c14-10-1-3-11(4-2-10)19-8-12-16-13(18-17-12)5-9-6-15-7-9/h1-4,9,15H,5-8H2. The number of hydrogen-bond donors (Lipinski definition) is 1. The fourth-order valence-electron chi connectivity index (χ4n) is 1.85. The Morgan fingerprint density at radius 3 is 2.79 bits per heavy atom. The van der Waals surface area contributed by atoms with Crippen LogP contribution in [0.15, 0.2) is 33.7 Å². The van der Waals surface area contributed by atoms with Crippen molar-refractivity contribution in [2.75, 3.05) is 13.1 Å². The Morgan fingerprint density at radius 1 is 1.32 bits per heavy atom. The van der Waals surface area contributed by atoms with Gasteiger partial charge in [-0.15, -0.1) is 11.8 Å². The normalized spacial score (nSPS) is 15.4. The third kappa shape index (κ3) is 3.33. The van der Waals surface area contributed by atoms with Gasteiger partial charge >= 0.3 is 0 Å². The lowest BCUT2D eigenvalue weighted by molar-refractivity contribution is 0.295. The summed E-state index contributed by atoms with van der Waals surface area (Å²) in [6.07, 6.45) is 0.848. The molecule has 0 aliphatic carbocycles. The molecule has 0 spiro atoms. The van der Waals surface area contributed by atoms with Gasteiger partial charge in [0.1, 0.15) is 5.82 Å². The van der Waals surface area contributed by atoms with Gasteiger partial charge in [0.2, 0.25) is 5.89 Å². The van der Waals surface area contributed by atoms with Crippen LogP contribution in [0.3, 0.4) is 0 Å². The predicted molar refractivity (Wildman–Crippen MR) is 70.3 cm³/mol. The van der Waals surface area contributed by atoms with Gasteiger partial charge in [-0.2, -0.15) is 4.98 Å². The zero-order valence-corrected chi connectivity index (χ0v) is 11.1. The van der Waals surface area contributed by atoms with E-state index in [0.29, 0.717) is 23.4 Å². The summed E-state index contributed by atoms with van der Waals surface area (Å²) in [5.41, 5.74) is 0. The summed E-state index contributed by atoms with van der Waals surface area (Å²) in [5.74, 6) is 2.44. The van der Waals surface area contributed by atoms with Crippen LogP contribution in [0.1, 0.15) is 11.7 Å². The molecule has 0 radical (unpaired) electrons. The zero-order valence-electron chi connectivity index (χ0n) is 10.3. The van der Waals surface area contributed by atoms with E-state index in [0.717, 1.165) is 24.4 Å². The molecule has 1 aliphatic rings. The van der Waals surface area contributed by atoms with E-state index in [9.17, 15) is 4.39 Å². The molecule has 1 N–H and O–H groups in total. The molecule has 19 heavy (non-hydrogen) atoms. The topological polar surface area (TPSA) is 51.0 Å². The molecule has 1 saturated heterocycles. The highest BCUT2D eigenvalue weighted by Crippen LogP contribution is 2.22. The van der Waals surface area contributed by atoms with Gasteiger partial charge < -0.3 is 9.84 Å². The van der Waals surface area contributed by atoms with Crippen molar-refractivity contribution in [3.63, 3.8) is 0 Å². The molecule has 1 fully saturated rings. The Bertz CT molecular complexity index is 539. The minimum absolute atomic E-state index is 0.222. The number of benzene rings is 1. The van der Waals surface area contributed by atoms with Crippen molar-refractivity contribution in [2.45, 2.75) is 17.1 Å². The molecule has 1 aliphatic heterocycles. The number of hydrogen-bond acceptors (Lipinski definition) is 5. The Labute approximate surface area is 114 Å². The summed E-state index contributed by atoms with van der Waals surface area (Å²) in [6.45, 7) is 2.06. The van der Waals surface area contributed by atoms with Gasteiger partial charge in [0.15, 0.2) is 5.82 Å². The number of nitrogens with zero attached hydrogens (tertiary/aromatic N) is 2. The number of rotatable bonds is 5. The molecule has 0 unspecified atom stereocenters. The zero-order chi connectivity index (χ0) is 13.1. The first kappa shape index (κ1) is 12.6. The van der Waals surface area contributed by atoms with Gasteiger partial charge in [-0.1, -0.05) is 5.16 Å². The Hall–Kier alpha value is -1.40. The number of nitrogens with one attached hydrogen (secondary N) is 1. The van der Waals surface area contributed by atoms with E-state index >= 15 is 0 Å². The highest BCUT2D eigenvalue weighted by atomic mass is 32.2. The van der Waals surface area contributed by atoms with E-state index in [-0.39, 0.29) is 5.82 Å². The smallest absolute Gasteiger partial charge is 0.227 e. The number of thioether (sulfide) groups is 1. The highest BCUT2D eigenvalue weighted by Gasteiger charge is 2.20. The largest absolute Gasteiger partial charge is 0.339 e. The van der Waals surface area contributed by atoms with Gasteiger partial charge in [0.05, 0.1) is 5.75 Å². The molecule has 3 rings (SSSR count). The monoisotopic (exact) mass is 279 g/mol. The third-order valence-electron chi connectivity index (χ3n) is 3.02. The Morgan fingerprint density at radius 2 is 2.11 bits per heavy atom. The molecule has 0 atom stereocenters. The minimum atomic E-state index is -0.222. The first-order chi connectivity index (χ1) is 9.29. The Balaban J connectivity index is 1.53. The maximum atomic E-state index is 12.8. The fourth-order valence-corrected chi connectivity index (χ4v) is 2.59. The second kappa shape index (κ2) is 5.71. The van der Waals surface area contributed by atoms with Crippen molar-refractivity contribution in [2.24, 2.45) is 5.92 Å². The molecule has 100 valence electrons. The molecule has 0 amide bonds. The van der Waals surface area contributed by atoms with Crippen LogP contribution in [0.2, 0.25) is 0 Å². The predicted octanol–water partition coefficient (Wildman–Crippen LogP) is 2.26. The molecule has 6 heteroatoms. The molecule has 2 aromatic rings. The van der Waals surface area contributed by atoms with E-state index in [1.54, 1.807) is 23.9 Å². The second-order valence-electron chi connectivity index (χ2n) is 4.58. The van der Waals surface area contributed by atoms with Crippen LogP contribution in [-0.4, -0.2) is 23.2 Å². The minimum Gasteiger partial charge on any atom is -0.339 e. The molecular weight excluding hydrogens is 265 g/mol. The first-order valence-electron chi connectivity index (χ1n) is 6.20. The van der Waals surface area contributed by atoms with Crippen molar-refractivity contribution in [1.29, 1.82) is 0 Å². The van der Waals surface area contributed by atoms with E-state index < -0.39 is 0 Å². The summed E-state index contributed by atoms with van der Waals surface area (Å²) in [5, 5.41) is 7.17. The lowest BCUT2D eigenvalue weighted by Gasteiger charge is -2.25. The van der Waals surface area contributed by atoms with Crippen molar-refractivity contribution in [1.82, 2.24) is 15.5 Å². The molecule has 0 bridgehead atoms. The molecule has 1 aromatic heterocycles. The average Bonchev–Trinajstić information content (AvgIpc) is 2.81. The van der Waals surface area contributed by atoms with E-state index in [1.807, 2.05) is 0 Å². The molecule has 1 aromatic carbocycles. The van der Waals surface area contributed by atoms with Crippen LogP contribution in [0.25, 0.3) is 0 Å². The summed E-state index contributed by atoms with van der Waals surface area (Å²) < 4.78 is 18.0. The Kier molecular flexibility index (Phi) is 3.79. The first-order valence-corrected chi connectivity index (χ1v) is 7.19. The van der Waals surface area contributed by atoms with Crippen molar-refractivity contribution < 1.29 is 8.91 Å². The maximum Gasteiger partial charge on any atom is 0.227 e. The van der Waals surface area contributed by atoms with Gasteiger partial charge in [-0.3, -0.25) is 0 Å². The van der Waals surface area contributed by atoms with Gasteiger partial charge in [-0.05, 0) is 43.3 Å². The lowest BCUT2D eigenvalue weighted by Crippen LogP contribution is -2.43. The van der Waals surface area contributed by atoms with Gasteiger partial charge in [0.25, 0.3) is 0 Å². The van der Waals surface area contributed by atoms with Crippen LogP contribution in [-0.2, 0) is 12.2 Å². The second-order valence-corrected chi connectivity index (χ2v) is 5.62. The van der Waals surface area contributed by atoms with Crippen LogP contribution in [0, 0.1) is 11.7 Å². The van der Waals surface area contributed by atoms with Crippen molar-refractivity contribution >= 4 is 11.8 Å². The SMILES string of the molecule is Fc1ccc(SCc2noc(CC3CNC3)n2)cc1. The fraction of sp³-hybridized carbons (Fsp3) is 0.385.